The van der Waals surface area contributed by atoms with Crippen LogP contribution in [0.1, 0.15) is 35.3 Å². The fourth-order valence-corrected chi connectivity index (χ4v) is 2.68. The van der Waals surface area contributed by atoms with Crippen LogP contribution in [-0.4, -0.2) is 32.8 Å². The fourth-order valence-electron chi connectivity index (χ4n) is 2.55. The highest BCUT2D eigenvalue weighted by molar-refractivity contribution is 6.30. The maximum Gasteiger partial charge on any atom is 0.326 e. The minimum Gasteiger partial charge on any atom is -0.480 e. The topological polar surface area (TPSA) is 84.2 Å². The summed E-state index contributed by atoms with van der Waals surface area (Å²) in [5.74, 6) is -1.01. The molecule has 1 atom stereocenters. The molecule has 7 heteroatoms. The van der Waals surface area contributed by atoms with E-state index in [0.717, 1.165) is 18.5 Å². The third kappa shape index (κ3) is 3.76. The van der Waals surface area contributed by atoms with E-state index in [0.29, 0.717) is 28.6 Å². The Morgan fingerprint density at radius 1 is 1.38 bits per heavy atom. The molecule has 1 amide bonds. The summed E-state index contributed by atoms with van der Waals surface area (Å²) in [6, 6.07) is 6.21. The number of carbonyl (C=O) groups excluding carboxylic acids is 1. The number of nitrogens with zero attached hydrogens (tertiary/aromatic N) is 2. The van der Waals surface area contributed by atoms with Crippen LogP contribution in [-0.2, 0) is 4.79 Å². The molecule has 1 aliphatic carbocycles. The van der Waals surface area contributed by atoms with Crippen molar-refractivity contribution in [2.75, 3.05) is 0 Å². The normalized spacial score (nSPS) is 15.1. The van der Waals surface area contributed by atoms with Gasteiger partial charge in [-0.15, -0.1) is 0 Å². The van der Waals surface area contributed by atoms with Crippen LogP contribution in [0.5, 0.6) is 0 Å². The van der Waals surface area contributed by atoms with E-state index in [1.807, 2.05) is 0 Å². The van der Waals surface area contributed by atoms with Gasteiger partial charge >= 0.3 is 5.97 Å². The maximum atomic E-state index is 12.4. The highest BCUT2D eigenvalue weighted by Crippen LogP contribution is 2.33. The highest BCUT2D eigenvalue weighted by atomic mass is 35.5. The summed E-state index contributed by atoms with van der Waals surface area (Å²) in [7, 11) is 0. The van der Waals surface area contributed by atoms with Crippen LogP contribution in [0.4, 0.5) is 0 Å². The van der Waals surface area contributed by atoms with E-state index in [-0.39, 0.29) is 0 Å². The number of carboxylic acids is 1. The summed E-state index contributed by atoms with van der Waals surface area (Å²) >= 11 is 5.87. The van der Waals surface area contributed by atoms with Gasteiger partial charge in [-0.05, 0) is 43.5 Å². The number of hydrogen-bond acceptors (Lipinski definition) is 3. The molecule has 24 heavy (non-hydrogen) atoms. The molecule has 1 aromatic carbocycles. The number of aryl methyl sites for hydroxylation is 1. The SMILES string of the molecule is Cc1nn(-c2ccc(Cl)cc2)cc1C(=O)NC(CC1CC1)C(=O)O. The molecular formula is C17H18ClN3O3. The predicted molar refractivity (Wildman–Crippen MR) is 89.5 cm³/mol. The van der Waals surface area contributed by atoms with Crippen molar-refractivity contribution in [2.45, 2.75) is 32.2 Å². The van der Waals surface area contributed by atoms with Crippen molar-refractivity contribution in [1.82, 2.24) is 15.1 Å². The minimum atomic E-state index is -1.00. The summed E-state index contributed by atoms with van der Waals surface area (Å²) in [6.07, 6.45) is 4.15. The first-order valence-corrected chi connectivity index (χ1v) is 8.17. The maximum absolute atomic E-state index is 12.4. The molecule has 0 aliphatic heterocycles. The average molecular weight is 348 g/mol. The number of carboxylic acid groups (broad SMARTS) is 1. The van der Waals surface area contributed by atoms with Gasteiger partial charge in [0.15, 0.2) is 0 Å². The molecule has 0 saturated heterocycles. The average Bonchev–Trinajstić information content (AvgIpc) is 3.27. The van der Waals surface area contributed by atoms with Crippen LogP contribution < -0.4 is 5.32 Å². The van der Waals surface area contributed by atoms with Crippen LogP contribution >= 0.6 is 11.6 Å². The van der Waals surface area contributed by atoms with Crippen LogP contribution in [0.15, 0.2) is 30.5 Å². The van der Waals surface area contributed by atoms with Crippen molar-refractivity contribution in [1.29, 1.82) is 0 Å². The Labute approximate surface area is 144 Å². The Balaban J connectivity index is 1.77. The number of halogens is 1. The molecule has 1 saturated carbocycles. The lowest BCUT2D eigenvalue weighted by Crippen LogP contribution is -2.41. The molecule has 126 valence electrons. The monoisotopic (exact) mass is 347 g/mol. The van der Waals surface area contributed by atoms with Gasteiger partial charge in [-0.1, -0.05) is 24.4 Å². The molecule has 1 fully saturated rings. The van der Waals surface area contributed by atoms with Gasteiger partial charge in [-0.3, -0.25) is 4.79 Å². The number of rotatable bonds is 6. The van der Waals surface area contributed by atoms with E-state index in [4.69, 9.17) is 11.6 Å². The van der Waals surface area contributed by atoms with Gasteiger partial charge in [0.1, 0.15) is 6.04 Å². The molecule has 6 nitrogen and oxygen atoms in total. The van der Waals surface area contributed by atoms with E-state index in [1.54, 1.807) is 42.1 Å². The number of amides is 1. The molecule has 1 heterocycles. The zero-order chi connectivity index (χ0) is 17.3. The molecular weight excluding hydrogens is 330 g/mol. The van der Waals surface area contributed by atoms with Gasteiger partial charge in [-0.25, -0.2) is 9.48 Å². The van der Waals surface area contributed by atoms with Crippen molar-refractivity contribution in [3.05, 3.63) is 46.7 Å². The van der Waals surface area contributed by atoms with Crippen LogP contribution in [0.25, 0.3) is 5.69 Å². The Morgan fingerprint density at radius 3 is 2.62 bits per heavy atom. The lowest BCUT2D eigenvalue weighted by Gasteiger charge is -2.13. The van der Waals surface area contributed by atoms with Crippen LogP contribution in [0.2, 0.25) is 5.02 Å². The lowest BCUT2D eigenvalue weighted by molar-refractivity contribution is -0.139. The first-order chi connectivity index (χ1) is 11.4. The first kappa shape index (κ1) is 16.5. The molecule has 0 spiro atoms. The molecule has 3 rings (SSSR count). The van der Waals surface area contributed by atoms with Gasteiger partial charge in [0.2, 0.25) is 0 Å². The second kappa shape index (κ2) is 6.65. The molecule has 1 unspecified atom stereocenters. The number of aliphatic carboxylic acids is 1. The van der Waals surface area contributed by atoms with Gasteiger partial charge in [0.05, 0.1) is 16.9 Å². The largest absolute Gasteiger partial charge is 0.480 e. The van der Waals surface area contributed by atoms with Gasteiger partial charge in [0, 0.05) is 11.2 Å². The van der Waals surface area contributed by atoms with Crippen molar-refractivity contribution in [3.8, 4) is 5.69 Å². The second-order valence-corrected chi connectivity index (χ2v) is 6.53. The highest BCUT2D eigenvalue weighted by Gasteiger charge is 2.31. The summed E-state index contributed by atoms with van der Waals surface area (Å²) in [5, 5.41) is 16.8. The summed E-state index contributed by atoms with van der Waals surface area (Å²) in [4.78, 5) is 23.8. The zero-order valence-electron chi connectivity index (χ0n) is 13.2. The molecule has 1 aromatic heterocycles. The Kier molecular flexibility index (Phi) is 4.57. The summed E-state index contributed by atoms with van der Waals surface area (Å²) < 4.78 is 1.58. The van der Waals surface area contributed by atoms with Gasteiger partial charge in [-0.2, -0.15) is 5.10 Å². The van der Waals surface area contributed by atoms with E-state index >= 15 is 0 Å². The summed E-state index contributed by atoms with van der Waals surface area (Å²) in [6.45, 7) is 1.72. The third-order valence-corrected chi connectivity index (χ3v) is 4.36. The van der Waals surface area contributed by atoms with E-state index < -0.39 is 17.9 Å². The van der Waals surface area contributed by atoms with E-state index in [9.17, 15) is 14.7 Å². The molecule has 1 aliphatic rings. The molecule has 0 radical (unpaired) electrons. The zero-order valence-corrected chi connectivity index (χ0v) is 14.0. The van der Waals surface area contributed by atoms with Crippen molar-refractivity contribution < 1.29 is 14.7 Å². The van der Waals surface area contributed by atoms with Crippen molar-refractivity contribution in [2.24, 2.45) is 5.92 Å². The quantitative estimate of drug-likeness (QED) is 0.841. The number of aromatic nitrogens is 2. The van der Waals surface area contributed by atoms with Crippen molar-refractivity contribution in [3.63, 3.8) is 0 Å². The Hall–Kier alpha value is -2.34. The minimum absolute atomic E-state index is 0.368. The molecule has 2 N–H and O–H groups in total. The summed E-state index contributed by atoms with van der Waals surface area (Å²) in [5.41, 5.74) is 1.68. The molecule has 0 bridgehead atoms. The number of benzene rings is 1. The molecule has 2 aromatic rings. The predicted octanol–water partition coefficient (Wildman–Crippen LogP) is 2.82. The van der Waals surface area contributed by atoms with Crippen LogP contribution in [0.3, 0.4) is 0 Å². The van der Waals surface area contributed by atoms with Crippen LogP contribution in [0, 0.1) is 12.8 Å². The second-order valence-electron chi connectivity index (χ2n) is 6.09. The number of carbonyl (C=O) groups is 2. The Bertz CT molecular complexity index is 766. The standard InChI is InChI=1S/C17H18ClN3O3/c1-10-14(9-21(20-10)13-6-4-12(18)5-7-13)16(22)19-15(17(23)24)8-11-2-3-11/h4-7,9,11,15H,2-3,8H2,1H3,(H,19,22)(H,23,24). The van der Waals surface area contributed by atoms with Gasteiger partial charge in [0.25, 0.3) is 5.91 Å². The first-order valence-electron chi connectivity index (χ1n) is 7.80. The third-order valence-electron chi connectivity index (χ3n) is 4.10. The Morgan fingerprint density at radius 2 is 2.04 bits per heavy atom. The fraction of sp³-hybridized carbons (Fsp3) is 0.353. The van der Waals surface area contributed by atoms with E-state index in [2.05, 4.69) is 10.4 Å². The van der Waals surface area contributed by atoms with Gasteiger partial charge < -0.3 is 10.4 Å². The lowest BCUT2D eigenvalue weighted by atomic mass is 10.1. The van der Waals surface area contributed by atoms with Crippen molar-refractivity contribution >= 4 is 23.5 Å². The number of hydrogen-bond donors (Lipinski definition) is 2. The number of nitrogens with one attached hydrogen (secondary N) is 1. The van der Waals surface area contributed by atoms with E-state index in [1.165, 1.54) is 0 Å². The smallest absolute Gasteiger partial charge is 0.326 e.